The van der Waals surface area contributed by atoms with Gasteiger partial charge >= 0.3 is 0 Å². The minimum Gasteiger partial charge on any atom is -0.398 e. The lowest BCUT2D eigenvalue weighted by Crippen LogP contribution is -2.14. The lowest BCUT2D eigenvalue weighted by Gasteiger charge is -2.07. The van der Waals surface area contributed by atoms with Gasteiger partial charge in [-0.1, -0.05) is 27.3 Å². The monoisotopic (exact) mass is 348 g/mol. The van der Waals surface area contributed by atoms with E-state index < -0.39 is 10.0 Å². The van der Waals surface area contributed by atoms with Crippen LogP contribution in [0.3, 0.4) is 0 Å². The topological polar surface area (TPSA) is 98.0 Å². The number of halogens is 1. The minimum atomic E-state index is -3.75. The number of anilines is 2. The van der Waals surface area contributed by atoms with Crippen molar-refractivity contribution in [2.24, 2.45) is 0 Å². The number of benzene rings is 1. The van der Waals surface area contributed by atoms with Crippen molar-refractivity contribution in [1.29, 1.82) is 0 Å². The van der Waals surface area contributed by atoms with Crippen LogP contribution in [0.1, 0.15) is 5.01 Å². The second-order valence-electron chi connectivity index (χ2n) is 3.41. The van der Waals surface area contributed by atoms with Crippen molar-refractivity contribution in [2.45, 2.75) is 11.8 Å². The predicted octanol–water partition coefficient (Wildman–Crippen LogP) is 1.99. The quantitative estimate of drug-likeness (QED) is 0.826. The molecule has 0 atom stereocenters. The highest BCUT2D eigenvalue weighted by Crippen LogP contribution is 2.26. The van der Waals surface area contributed by atoms with Gasteiger partial charge in [0.15, 0.2) is 0 Å². The van der Waals surface area contributed by atoms with Gasteiger partial charge in [0.1, 0.15) is 9.90 Å². The average Bonchev–Trinajstić information content (AvgIpc) is 2.66. The molecule has 0 unspecified atom stereocenters. The Labute approximate surface area is 116 Å². The third-order valence-corrected chi connectivity index (χ3v) is 4.78. The first-order valence-corrected chi connectivity index (χ1v) is 7.86. The fourth-order valence-electron chi connectivity index (χ4n) is 1.25. The van der Waals surface area contributed by atoms with Gasteiger partial charge in [-0.3, -0.25) is 4.72 Å². The van der Waals surface area contributed by atoms with E-state index in [1.807, 2.05) is 0 Å². The fraction of sp³-hybridized carbons (Fsp3) is 0.111. The maximum Gasteiger partial charge on any atom is 0.265 e. The predicted molar refractivity (Wildman–Crippen MR) is 74.0 cm³/mol. The Kier molecular flexibility index (Phi) is 3.55. The van der Waals surface area contributed by atoms with Gasteiger partial charge in [-0.05, 0) is 25.1 Å². The molecule has 0 saturated carbocycles. The van der Waals surface area contributed by atoms with Crippen LogP contribution < -0.4 is 10.5 Å². The molecule has 18 heavy (non-hydrogen) atoms. The summed E-state index contributed by atoms with van der Waals surface area (Å²) in [7, 11) is -3.75. The summed E-state index contributed by atoms with van der Waals surface area (Å²) in [6.07, 6.45) is 0. The summed E-state index contributed by atoms with van der Waals surface area (Å²) in [6, 6.07) is 4.62. The minimum absolute atomic E-state index is 0.00438. The van der Waals surface area contributed by atoms with Gasteiger partial charge in [-0.25, -0.2) is 8.42 Å². The van der Waals surface area contributed by atoms with Crippen molar-refractivity contribution < 1.29 is 8.42 Å². The van der Waals surface area contributed by atoms with Crippen molar-refractivity contribution in [3.63, 3.8) is 0 Å². The molecular formula is C9H9BrN4O2S2. The summed E-state index contributed by atoms with van der Waals surface area (Å²) >= 11 is 4.36. The number of nitrogen functional groups attached to an aromatic ring is 1. The van der Waals surface area contributed by atoms with Gasteiger partial charge in [0.2, 0.25) is 5.13 Å². The van der Waals surface area contributed by atoms with Crippen LogP contribution in [0.5, 0.6) is 0 Å². The van der Waals surface area contributed by atoms with E-state index >= 15 is 0 Å². The number of rotatable bonds is 3. The van der Waals surface area contributed by atoms with E-state index in [1.54, 1.807) is 13.0 Å². The first kappa shape index (κ1) is 13.2. The Hall–Kier alpha value is -1.19. The zero-order valence-corrected chi connectivity index (χ0v) is 12.4. The number of aromatic nitrogens is 2. The molecule has 0 aliphatic carbocycles. The zero-order chi connectivity index (χ0) is 13.3. The van der Waals surface area contributed by atoms with E-state index in [9.17, 15) is 8.42 Å². The van der Waals surface area contributed by atoms with E-state index in [4.69, 9.17) is 5.73 Å². The molecule has 96 valence electrons. The maximum absolute atomic E-state index is 12.1. The molecule has 0 aliphatic rings. The summed E-state index contributed by atoms with van der Waals surface area (Å²) < 4.78 is 27.2. The van der Waals surface area contributed by atoms with E-state index in [-0.39, 0.29) is 15.7 Å². The SMILES string of the molecule is Cc1nnc(NS(=O)(=O)c2cc(Br)ccc2N)s1. The van der Waals surface area contributed by atoms with E-state index in [2.05, 4.69) is 30.8 Å². The third kappa shape index (κ3) is 2.79. The highest BCUT2D eigenvalue weighted by atomic mass is 79.9. The van der Waals surface area contributed by atoms with Crippen LogP contribution in [-0.2, 0) is 10.0 Å². The highest BCUT2D eigenvalue weighted by Gasteiger charge is 2.19. The standard InChI is InChI=1S/C9H9BrN4O2S2/c1-5-12-13-9(17-5)14-18(15,16)8-4-6(10)2-3-7(8)11/h2-4H,11H2,1H3,(H,13,14). The van der Waals surface area contributed by atoms with Crippen LogP contribution in [0, 0.1) is 6.92 Å². The molecule has 9 heteroatoms. The Morgan fingerprint density at radius 2 is 2.11 bits per heavy atom. The Morgan fingerprint density at radius 3 is 2.72 bits per heavy atom. The molecule has 0 aliphatic heterocycles. The van der Waals surface area contributed by atoms with Crippen LogP contribution in [0.2, 0.25) is 0 Å². The molecule has 1 aromatic carbocycles. The van der Waals surface area contributed by atoms with E-state index in [1.165, 1.54) is 12.1 Å². The van der Waals surface area contributed by atoms with Crippen molar-refractivity contribution in [2.75, 3.05) is 10.5 Å². The van der Waals surface area contributed by atoms with Crippen LogP contribution >= 0.6 is 27.3 Å². The molecule has 1 heterocycles. The lowest BCUT2D eigenvalue weighted by molar-refractivity contribution is 0.601. The van der Waals surface area contributed by atoms with Gasteiger partial charge in [-0.2, -0.15) is 0 Å². The lowest BCUT2D eigenvalue weighted by atomic mass is 10.3. The first-order chi connectivity index (χ1) is 8.38. The van der Waals surface area contributed by atoms with Crippen LogP contribution in [0.25, 0.3) is 0 Å². The van der Waals surface area contributed by atoms with E-state index in [0.29, 0.717) is 9.48 Å². The van der Waals surface area contributed by atoms with Crippen LogP contribution in [0.4, 0.5) is 10.8 Å². The number of sulfonamides is 1. The van der Waals surface area contributed by atoms with Gasteiger partial charge in [0.25, 0.3) is 10.0 Å². The average molecular weight is 349 g/mol. The molecule has 2 aromatic rings. The van der Waals surface area contributed by atoms with Crippen molar-refractivity contribution in [3.8, 4) is 0 Å². The molecule has 0 bridgehead atoms. The molecule has 0 spiro atoms. The molecule has 2 rings (SSSR count). The molecule has 1 aromatic heterocycles. The number of aryl methyl sites for hydroxylation is 1. The zero-order valence-electron chi connectivity index (χ0n) is 9.21. The molecule has 0 saturated heterocycles. The summed E-state index contributed by atoms with van der Waals surface area (Å²) in [5.74, 6) is 0. The molecular weight excluding hydrogens is 340 g/mol. The van der Waals surface area contributed by atoms with Crippen LogP contribution in [0.15, 0.2) is 27.6 Å². The Balaban J connectivity index is 2.39. The number of nitrogens with two attached hydrogens (primary N) is 1. The second-order valence-corrected chi connectivity index (χ2v) is 7.16. The highest BCUT2D eigenvalue weighted by molar-refractivity contribution is 9.10. The number of nitrogens with one attached hydrogen (secondary N) is 1. The Bertz CT molecular complexity index is 684. The summed E-state index contributed by atoms with van der Waals surface area (Å²) in [5.41, 5.74) is 5.83. The molecule has 6 nitrogen and oxygen atoms in total. The molecule has 0 fully saturated rings. The van der Waals surface area contributed by atoms with Gasteiger partial charge < -0.3 is 5.73 Å². The van der Waals surface area contributed by atoms with Crippen molar-refractivity contribution in [3.05, 3.63) is 27.7 Å². The van der Waals surface area contributed by atoms with Gasteiger partial charge in [0, 0.05) is 4.47 Å². The second kappa shape index (κ2) is 4.82. The smallest absolute Gasteiger partial charge is 0.265 e. The summed E-state index contributed by atoms with van der Waals surface area (Å²) in [6.45, 7) is 1.74. The molecule has 0 amide bonds. The molecule has 3 N–H and O–H groups in total. The number of hydrogen-bond donors (Lipinski definition) is 2. The third-order valence-electron chi connectivity index (χ3n) is 2.01. The summed E-state index contributed by atoms with van der Waals surface area (Å²) in [5, 5.41) is 8.33. The first-order valence-electron chi connectivity index (χ1n) is 4.76. The van der Waals surface area contributed by atoms with Crippen molar-refractivity contribution >= 4 is 48.1 Å². The van der Waals surface area contributed by atoms with Gasteiger partial charge in [-0.15, -0.1) is 10.2 Å². The molecule has 0 radical (unpaired) electrons. The van der Waals surface area contributed by atoms with Crippen LogP contribution in [-0.4, -0.2) is 18.6 Å². The van der Waals surface area contributed by atoms with E-state index in [0.717, 1.165) is 11.3 Å². The number of nitrogens with zero attached hydrogens (tertiary/aromatic N) is 2. The largest absolute Gasteiger partial charge is 0.398 e. The summed E-state index contributed by atoms with van der Waals surface area (Å²) in [4.78, 5) is 0.00438. The van der Waals surface area contributed by atoms with Gasteiger partial charge in [0.05, 0.1) is 5.69 Å². The fourth-order valence-corrected chi connectivity index (χ4v) is 3.74. The normalized spacial score (nSPS) is 11.4. The van der Waals surface area contributed by atoms with Crippen molar-refractivity contribution in [1.82, 2.24) is 10.2 Å². The number of hydrogen-bond acceptors (Lipinski definition) is 6. The maximum atomic E-state index is 12.1. The Morgan fingerprint density at radius 1 is 1.39 bits per heavy atom.